The lowest BCUT2D eigenvalue weighted by Gasteiger charge is -2.02. The minimum absolute atomic E-state index is 0.0195. The average Bonchev–Trinajstić information content (AvgIpc) is 2.83. The van der Waals surface area contributed by atoms with Crippen molar-refractivity contribution in [3.63, 3.8) is 0 Å². The summed E-state index contributed by atoms with van der Waals surface area (Å²) >= 11 is 2.34. The number of nitro groups is 1. The zero-order valence-corrected chi connectivity index (χ0v) is 12.0. The molecule has 6 nitrogen and oxygen atoms in total. The van der Waals surface area contributed by atoms with Crippen LogP contribution in [0.1, 0.15) is 36.2 Å². The summed E-state index contributed by atoms with van der Waals surface area (Å²) in [6.07, 6.45) is 4.33. The zero-order chi connectivity index (χ0) is 13.4. The number of nitrogens with one attached hydrogen (secondary N) is 1. The van der Waals surface area contributed by atoms with E-state index in [9.17, 15) is 14.9 Å². The fourth-order valence-corrected chi connectivity index (χ4v) is 1.95. The highest BCUT2D eigenvalue weighted by atomic mass is 127. The number of rotatable bonds is 8. The van der Waals surface area contributed by atoms with Crippen molar-refractivity contribution >= 4 is 34.4 Å². The number of hydrogen-bond acceptors (Lipinski definition) is 4. The quantitative estimate of drug-likeness (QED) is 0.252. The van der Waals surface area contributed by atoms with Crippen LogP contribution in [0.4, 0.5) is 5.88 Å². The van der Waals surface area contributed by atoms with Gasteiger partial charge in [0.1, 0.15) is 4.92 Å². The van der Waals surface area contributed by atoms with Crippen molar-refractivity contribution in [2.24, 2.45) is 0 Å². The Kier molecular flexibility index (Phi) is 6.69. The van der Waals surface area contributed by atoms with Crippen LogP contribution in [0.3, 0.4) is 0 Å². The molecule has 1 rings (SSSR count). The van der Waals surface area contributed by atoms with E-state index in [1.54, 1.807) is 0 Å². The molecule has 1 amide bonds. The fraction of sp³-hybridized carbons (Fsp3) is 0.545. The molecule has 0 fully saturated rings. The highest BCUT2D eigenvalue weighted by Crippen LogP contribution is 2.15. The minimum Gasteiger partial charge on any atom is -0.395 e. The third-order valence-electron chi connectivity index (χ3n) is 2.34. The summed E-state index contributed by atoms with van der Waals surface area (Å²) in [5, 5.41) is 13.0. The Labute approximate surface area is 118 Å². The van der Waals surface area contributed by atoms with Gasteiger partial charge < -0.3 is 9.73 Å². The molecular formula is C11H15IN2O4. The maximum absolute atomic E-state index is 11.5. The Morgan fingerprint density at radius 2 is 2.06 bits per heavy atom. The first-order valence-corrected chi connectivity index (χ1v) is 7.26. The number of nitrogens with zero attached hydrogens (tertiary/aromatic N) is 1. The first kappa shape index (κ1) is 14.9. The van der Waals surface area contributed by atoms with Gasteiger partial charge in [-0.15, -0.1) is 0 Å². The van der Waals surface area contributed by atoms with Crippen LogP contribution >= 0.6 is 22.6 Å². The summed E-state index contributed by atoms with van der Waals surface area (Å²) in [4.78, 5) is 21.3. The van der Waals surface area contributed by atoms with Gasteiger partial charge in [0, 0.05) is 6.54 Å². The maximum Gasteiger partial charge on any atom is 0.433 e. The van der Waals surface area contributed by atoms with Crippen molar-refractivity contribution in [3.8, 4) is 0 Å². The van der Waals surface area contributed by atoms with Crippen molar-refractivity contribution < 1.29 is 14.1 Å². The van der Waals surface area contributed by atoms with Crippen LogP contribution in [0.15, 0.2) is 16.5 Å². The largest absolute Gasteiger partial charge is 0.433 e. The molecule has 0 aliphatic carbocycles. The molecule has 0 atom stereocenters. The Hall–Kier alpha value is -1.12. The minimum atomic E-state index is -0.666. The monoisotopic (exact) mass is 366 g/mol. The van der Waals surface area contributed by atoms with Gasteiger partial charge in [0.05, 0.1) is 6.07 Å². The number of halogens is 1. The molecule has 0 saturated heterocycles. The first-order valence-electron chi connectivity index (χ1n) is 5.73. The molecule has 0 aromatic carbocycles. The van der Waals surface area contributed by atoms with Crippen LogP contribution in [0.2, 0.25) is 0 Å². The molecule has 18 heavy (non-hydrogen) atoms. The van der Waals surface area contributed by atoms with E-state index in [1.807, 2.05) is 0 Å². The Bertz CT molecular complexity index is 406. The molecule has 0 aliphatic heterocycles. The maximum atomic E-state index is 11.5. The normalized spacial score (nSPS) is 10.3. The van der Waals surface area contributed by atoms with Gasteiger partial charge in [-0.25, -0.2) is 0 Å². The van der Waals surface area contributed by atoms with E-state index in [0.717, 1.165) is 23.7 Å². The van der Waals surface area contributed by atoms with Crippen LogP contribution < -0.4 is 5.32 Å². The first-order chi connectivity index (χ1) is 8.65. The van der Waals surface area contributed by atoms with Gasteiger partial charge in [-0.05, 0) is 23.3 Å². The number of furan rings is 1. The summed E-state index contributed by atoms with van der Waals surface area (Å²) in [5.74, 6) is -0.840. The zero-order valence-electron chi connectivity index (χ0n) is 9.86. The van der Waals surface area contributed by atoms with Crippen LogP contribution in [-0.2, 0) is 0 Å². The van der Waals surface area contributed by atoms with Crippen molar-refractivity contribution in [1.29, 1.82) is 0 Å². The standard InChI is InChI=1S/C11H15IN2O4/c12-7-3-1-2-4-8-13-11(15)9-5-6-10(18-9)14(16)17/h5-6H,1-4,7-8H2,(H,13,15). The summed E-state index contributed by atoms with van der Waals surface area (Å²) in [6.45, 7) is 0.564. The third-order valence-corrected chi connectivity index (χ3v) is 3.10. The summed E-state index contributed by atoms with van der Waals surface area (Å²) in [7, 11) is 0. The van der Waals surface area contributed by atoms with Crippen LogP contribution in [-0.4, -0.2) is 21.8 Å². The molecule has 7 heteroatoms. The Balaban J connectivity index is 2.25. The predicted molar refractivity (Wildman–Crippen MR) is 75.1 cm³/mol. The molecule has 100 valence electrons. The molecule has 0 aliphatic rings. The van der Waals surface area contributed by atoms with E-state index < -0.39 is 16.7 Å². The van der Waals surface area contributed by atoms with Gasteiger partial charge >= 0.3 is 5.88 Å². The van der Waals surface area contributed by atoms with E-state index >= 15 is 0 Å². The SMILES string of the molecule is O=C(NCCCCCCI)c1ccc([N+](=O)[O-])o1. The second-order valence-electron chi connectivity index (χ2n) is 3.75. The fourth-order valence-electron chi connectivity index (χ4n) is 1.41. The van der Waals surface area contributed by atoms with E-state index in [2.05, 4.69) is 27.9 Å². The molecule has 0 radical (unpaired) electrons. The number of unbranched alkanes of at least 4 members (excludes halogenated alkanes) is 3. The molecule has 1 aromatic heterocycles. The molecule has 0 bridgehead atoms. The molecule has 1 aromatic rings. The van der Waals surface area contributed by atoms with Crippen LogP contribution in [0, 0.1) is 10.1 Å². The highest BCUT2D eigenvalue weighted by molar-refractivity contribution is 14.1. The lowest BCUT2D eigenvalue weighted by atomic mass is 10.2. The number of carbonyl (C=O) groups excluding carboxylic acids is 1. The topological polar surface area (TPSA) is 85.4 Å². The van der Waals surface area contributed by atoms with Crippen molar-refractivity contribution in [2.75, 3.05) is 11.0 Å². The predicted octanol–water partition coefficient (Wildman–Crippen LogP) is 2.91. The van der Waals surface area contributed by atoms with Crippen molar-refractivity contribution in [2.45, 2.75) is 25.7 Å². The smallest absolute Gasteiger partial charge is 0.395 e. The summed E-state index contributed by atoms with van der Waals surface area (Å²) in [6, 6.07) is 2.48. The molecule has 1 N–H and O–H groups in total. The average molecular weight is 366 g/mol. The van der Waals surface area contributed by atoms with Crippen molar-refractivity contribution in [1.82, 2.24) is 5.32 Å². The third kappa shape index (κ3) is 5.03. The second-order valence-corrected chi connectivity index (χ2v) is 4.83. The Morgan fingerprint density at radius 1 is 1.33 bits per heavy atom. The van der Waals surface area contributed by atoms with Gasteiger partial charge in [-0.3, -0.25) is 14.9 Å². The van der Waals surface area contributed by atoms with Gasteiger partial charge in [-0.2, -0.15) is 0 Å². The van der Waals surface area contributed by atoms with Gasteiger partial charge in [0.15, 0.2) is 5.76 Å². The summed E-state index contributed by atoms with van der Waals surface area (Å²) in [5.41, 5.74) is 0. The lowest BCUT2D eigenvalue weighted by Crippen LogP contribution is -2.23. The van der Waals surface area contributed by atoms with Crippen LogP contribution in [0.5, 0.6) is 0 Å². The number of hydrogen-bond donors (Lipinski definition) is 1. The van der Waals surface area contributed by atoms with E-state index in [-0.39, 0.29) is 5.76 Å². The van der Waals surface area contributed by atoms with Gasteiger partial charge in [-0.1, -0.05) is 35.4 Å². The summed E-state index contributed by atoms with van der Waals surface area (Å²) < 4.78 is 5.94. The highest BCUT2D eigenvalue weighted by Gasteiger charge is 2.16. The van der Waals surface area contributed by atoms with Crippen molar-refractivity contribution in [3.05, 3.63) is 28.0 Å². The second kappa shape index (κ2) is 8.06. The van der Waals surface area contributed by atoms with E-state index in [4.69, 9.17) is 4.42 Å². The Morgan fingerprint density at radius 3 is 2.67 bits per heavy atom. The molecular weight excluding hydrogens is 351 g/mol. The molecule has 1 heterocycles. The van der Waals surface area contributed by atoms with E-state index in [1.165, 1.54) is 18.6 Å². The van der Waals surface area contributed by atoms with Gasteiger partial charge in [0.2, 0.25) is 0 Å². The molecule has 0 unspecified atom stereocenters. The number of alkyl halides is 1. The lowest BCUT2D eigenvalue weighted by molar-refractivity contribution is -0.402. The van der Waals surface area contributed by atoms with Gasteiger partial charge in [0.25, 0.3) is 5.91 Å². The number of carbonyl (C=O) groups is 1. The molecule has 0 saturated carbocycles. The number of amides is 1. The molecule has 0 spiro atoms. The van der Waals surface area contributed by atoms with Crippen LogP contribution in [0.25, 0.3) is 0 Å². The van der Waals surface area contributed by atoms with E-state index in [0.29, 0.717) is 6.54 Å².